The molecule has 2 aromatic carbocycles. The summed E-state index contributed by atoms with van der Waals surface area (Å²) in [6.45, 7) is 0.419. The van der Waals surface area contributed by atoms with Crippen LogP contribution in [0.5, 0.6) is 5.75 Å². The van der Waals surface area contributed by atoms with Crippen molar-refractivity contribution in [2.45, 2.75) is 12.5 Å². The fourth-order valence-corrected chi connectivity index (χ4v) is 2.48. The number of carbonyl (C=O) groups is 1. The van der Waals surface area contributed by atoms with Crippen molar-refractivity contribution in [3.05, 3.63) is 95.8 Å². The molecule has 3 aromatic rings. The molecule has 0 aliphatic carbocycles. The average molecular weight is 328 g/mol. The van der Waals surface area contributed by atoms with Gasteiger partial charge in [-0.3, -0.25) is 9.78 Å². The van der Waals surface area contributed by atoms with E-state index in [1.54, 1.807) is 48.8 Å². The Balaban J connectivity index is 1.76. The fourth-order valence-electron chi connectivity index (χ4n) is 2.48. The number of rotatable bonds is 6. The number of nitriles is 1. The van der Waals surface area contributed by atoms with Gasteiger partial charge in [0.25, 0.3) is 0 Å². The second-order valence-electron chi connectivity index (χ2n) is 5.51. The summed E-state index contributed by atoms with van der Waals surface area (Å²) in [6.07, 6.45) is 3.15. The van der Waals surface area contributed by atoms with E-state index in [-0.39, 0.29) is 5.78 Å². The molecule has 0 aliphatic heterocycles. The minimum absolute atomic E-state index is 0.263. The first-order valence-electron chi connectivity index (χ1n) is 7.88. The van der Waals surface area contributed by atoms with Crippen molar-refractivity contribution in [3.63, 3.8) is 0 Å². The lowest BCUT2D eigenvalue weighted by Crippen LogP contribution is -2.11. The SMILES string of the molecule is N#CC(C(=O)c1cccc(OCc2ccccc2)c1)c1cccnc1. The van der Waals surface area contributed by atoms with Crippen LogP contribution in [0.2, 0.25) is 0 Å². The van der Waals surface area contributed by atoms with Crippen molar-refractivity contribution < 1.29 is 9.53 Å². The monoisotopic (exact) mass is 328 g/mol. The van der Waals surface area contributed by atoms with E-state index in [0.29, 0.717) is 23.5 Å². The number of carbonyl (C=O) groups excluding carboxylic acids is 1. The number of Topliss-reactive ketones (excluding diaryl/α,β-unsaturated/α-hetero) is 1. The maximum atomic E-state index is 12.7. The van der Waals surface area contributed by atoms with Crippen LogP contribution in [0.1, 0.15) is 27.4 Å². The third kappa shape index (κ3) is 4.10. The van der Waals surface area contributed by atoms with Gasteiger partial charge in [-0.15, -0.1) is 0 Å². The molecule has 1 unspecified atom stereocenters. The Bertz CT molecular complexity index is 887. The Morgan fingerprint density at radius 2 is 1.92 bits per heavy atom. The first-order valence-corrected chi connectivity index (χ1v) is 7.88. The quantitative estimate of drug-likeness (QED) is 0.638. The number of ether oxygens (including phenoxy) is 1. The van der Waals surface area contributed by atoms with E-state index in [0.717, 1.165) is 5.56 Å². The molecule has 1 heterocycles. The van der Waals surface area contributed by atoms with E-state index in [1.165, 1.54) is 0 Å². The van der Waals surface area contributed by atoms with Gasteiger partial charge in [-0.1, -0.05) is 48.5 Å². The van der Waals surface area contributed by atoms with E-state index in [2.05, 4.69) is 11.1 Å². The second-order valence-corrected chi connectivity index (χ2v) is 5.51. The van der Waals surface area contributed by atoms with Gasteiger partial charge in [-0.05, 0) is 29.3 Å². The van der Waals surface area contributed by atoms with E-state index >= 15 is 0 Å². The number of nitrogens with zero attached hydrogens (tertiary/aromatic N) is 2. The predicted molar refractivity (Wildman–Crippen MR) is 94.1 cm³/mol. The molecule has 0 N–H and O–H groups in total. The summed E-state index contributed by atoms with van der Waals surface area (Å²) in [5.41, 5.74) is 2.08. The second kappa shape index (κ2) is 7.89. The van der Waals surface area contributed by atoms with Gasteiger partial charge in [0.15, 0.2) is 5.78 Å². The molecular weight excluding hydrogens is 312 g/mol. The van der Waals surface area contributed by atoms with Crippen LogP contribution < -0.4 is 4.74 Å². The highest BCUT2D eigenvalue weighted by Gasteiger charge is 2.22. The fraction of sp³-hybridized carbons (Fsp3) is 0.0952. The topological polar surface area (TPSA) is 63.0 Å². The minimum Gasteiger partial charge on any atom is -0.489 e. The van der Waals surface area contributed by atoms with E-state index in [9.17, 15) is 10.1 Å². The molecule has 0 amide bonds. The Hall–Kier alpha value is -3.45. The highest BCUT2D eigenvalue weighted by atomic mass is 16.5. The molecule has 122 valence electrons. The van der Waals surface area contributed by atoms with Crippen LogP contribution in [-0.4, -0.2) is 10.8 Å². The number of pyridine rings is 1. The number of hydrogen-bond acceptors (Lipinski definition) is 4. The number of aromatic nitrogens is 1. The molecule has 25 heavy (non-hydrogen) atoms. The summed E-state index contributed by atoms with van der Waals surface area (Å²) < 4.78 is 5.75. The lowest BCUT2D eigenvalue weighted by molar-refractivity contribution is 0.0978. The van der Waals surface area contributed by atoms with Crippen molar-refractivity contribution in [1.82, 2.24) is 4.98 Å². The third-order valence-corrected chi connectivity index (χ3v) is 3.78. The summed E-state index contributed by atoms with van der Waals surface area (Å²) in [5.74, 6) is -0.545. The summed E-state index contributed by atoms with van der Waals surface area (Å²) in [5, 5.41) is 9.40. The molecule has 0 fully saturated rings. The van der Waals surface area contributed by atoms with Crippen LogP contribution in [0.15, 0.2) is 79.1 Å². The molecule has 4 nitrogen and oxygen atoms in total. The van der Waals surface area contributed by atoms with Crippen molar-refractivity contribution >= 4 is 5.78 Å². The smallest absolute Gasteiger partial charge is 0.184 e. The number of ketones is 1. The van der Waals surface area contributed by atoms with Gasteiger partial charge < -0.3 is 4.74 Å². The van der Waals surface area contributed by atoms with Crippen molar-refractivity contribution in [3.8, 4) is 11.8 Å². The molecule has 1 atom stereocenters. The van der Waals surface area contributed by atoms with E-state index < -0.39 is 5.92 Å². The number of hydrogen-bond donors (Lipinski definition) is 0. The zero-order valence-corrected chi connectivity index (χ0v) is 13.5. The maximum absolute atomic E-state index is 12.7. The zero-order valence-electron chi connectivity index (χ0n) is 13.5. The Kier molecular flexibility index (Phi) is 5.18. The molecule has 0 spiro atoms. The van der Waals surface area contributed by atoms with Gasteiger partial charge in [-0.25, -0.2) is 0 Å². The van der Waals surface area contributed by atoms with Crippen molar-refractivity contribution in [1.29, 1.82) is 5.26 Å². The molecule has 0 saturated heterocycles. The average Bonchev–Trinajstić information content (AvgIpc) is 2.69. The van der Waals surface area contributed by atoms with E-state index in [4.69, 9.17) is 4.74 Å². The van der Waals surface area contributed by atoms with Crippen LogP contribution in [-0.2, 0) is 6.61 Å². The van der Waals surface area contributed by atoms with Gasteiger partial charge in [0.2, 0.25) is 0 Å². The van der Waals surface area contributed by atoms with Crippen LogP contribution in [0, 0.1) is 11.3 Å². The van der Waals surface area contributed by atoms with Gasteiger partial charge in [0, 0.05) is 18.0 Å². The Morgan fingerprint density at radius 3 is 2.64 bits per heavy atom. The van der Waals surface area contributed by atoms with Crippen molar-refractivity contribution in [2.24, 2.45) is 0 Å². The summed E-state index contributed by atoms with van der Waals surface area (Å²) >= 11 is 0. The first-order chi connectivity index (χ1) is 12.3. The lowest BCUT2D eigenvalue weighted by atomic mass is 9.93. The first kappa shape index (κ1) is 16.4. The molecule has 0 radical (unpaired) electrons. The van der Waals surface area contributed by atoms with Gasteiger partial charge >= 0.3 is 0 Å². The summed E-state index contributed by atoms with van der Waals surface area (Å²) in [4.78, 5) is 16.7. The molecule has 4 heteroatoms. The van der Waals surface area contributed by atoms with Gasteiger partial charge in [0.1, 0.15) is 18.3 Å². The maximum Gasteiger partial charge on any atom is 0.184 e. The zero-order chi connectivity index (χ0) is 17.5. The van der Waals surface area contributed by atoms with Gasteiger partial charge in [-0.2, -0.15) is 5.26 Å². The van der Waals surface area contributed by atoms with Crippen LogP contribution in [0.4, 0.5) is 0 Å². The highest BCUT2D eigenvalue weighted by molar-refractivity contribution is 6.02. The highest BCUT2D eigenvalue weighted by Crippen LogP contribution is 2.23. The molecule has 0 aliphatic rings. The molecule has 3 rings (SSSR count). The Labute approximate surface area is 146 Å². The van der Waals surface area contributed by atoms with Crippen LogP contribution in [0.25, 0.3) is 0 Å². The Morgan fingerprint density at radius 1 is 1.08 bits per heavy atom. The summed E-state index contributed by atoms with van der Waals surface area (Å²) in [7, 11) is 0. The molecule has 1 aromatic heterocycles. The molecular formula is C21H16N2O2. The van der Waals surface area contributed by atoms with E-state index in [1.807, 2.05) is 30.3 Å². The third-order valence-electron chi connectivity index (χ3n) is 3.78. The van der Waals surface area contributed by atoms with Crippen molar-refractivity contribution in [2.75, 3.05) is 0 Å². The molecule has 0 bridgehead atoms. The molecule has 0 saturated carbocycles. The van der Waals surface area contributed by atoms with Crippen LogP contribution in [0.3, 0.4) is 0 Å². The standard InChI is InChI=1S/C21H16N2O2/c22-13-20(18-9-5-11-23-14-18)21(24)17-8-4-10-19(12-17)25-15-16-6-2-1-3-7-16/h1-12,14,20H,15H2. The predicted octanol–water partition coefficient (Wildman–Crippen LogP) is 4.15. The van der Waals surface area contributed by atoms with Gasteiger partial charge in [0.05, 0.1) is 6.07 Å². The largest absolute Gasteiger partial charge is 0.489 e. The van der Waals surface area contributed by atoms with Crippen LogP contribution >= 0.6 is 0 Å². The number of benzene rings is 2. The summed E-state index contributed by atoms with van der Waals surface area (Å²) in [6, 6.07) is 22.2. The lowest BCUT2D eigenvalue weighted by Gasteiger charge is -2.10. The normalized spacial score (nSPS) is 11.3. The minimum atomic E-state index is -0.877.